The summed E-state index contributed by atoms with van der Waals surface area (Å²) in [4.78, 5) is 0. The van der Waals surface area contributed by atoms with Gasteiger partial charge in [-0.1, -0.05) is 64.7 Å². The standard InChI is InChI=1S/C12H26O4S.K.H2O/c1-2-3-4-5-6-7-8-9-10-11-12-16-17(13,14)15;;/h2-12H2,1H3,(H,13,14,15);;1H2/q;+1;/p-1. The Morgan fingerprint density at radius 3 is 1.58 bits per heavy atom. The van der Waals surface area contributed by atoms with Crippen LogP contribution in [0.5, 0.6) is 0 Å². The second kappa shape index (κ2) is 17.5. The summed E-state index contributed by atoms with van der Waals surface area (Å²) in [6.45, 7) is 2.24. The van der Waals surface area contributed by atoms with E-state index in [1.54, 1.807) is 0 Å². The quantitative estimate of drug-likeness (QED) is 0.210. The molecule has 0 heterocycles. The smallest absolute Gasteiger partial charge is 0.726 e. The molecule has 0 aromatic rings. The molecule has 0 fully saturated rings. The summed E-state index contributed by atoms with van der Waals surface area (Å²) in [7, 11) is -4.48. The maximum atomic E-state index is 10.1. The average Bonchev–Trinajstić information content (AvgIpc) is 2.24. The first-order chi connectivity index (χ1) is 8.06. The minimum atomic E-state index is -4.48. The molecule has 0 aromatic heterocycles. The van der Waals surface area contributed by atoms with Crippen molar-refractivity contribution in [3.05, 3.63) is 0 Å². The first kappa shape index (κ1) is 25.4. The fraction of sp³-hybridized carbons (Fsp3) is 1.00. The molecule has 19 heavy (non-hydrogen) atoms. The summed E-state index contributed by atoms with van der Waals surface area (Å²) in [5.41, 5.74) is 0. The van der Waals surface area contributed by atoms with Crippen LogP contribution in [0.15, 0.2) is 0 Å². The van der Waals surface area contributed by atoms with Gasteiger partial charge in [0, 0.05) is 0 Å². The van der Waals surface area contributed by atoms with Crippen LogP contribution in [0.3, 0.4) is 0 Å². The van der Waals surface area contributed by atoms with E-state index in [2.05, 4.69) is 11.1 Å². The molecule has 0 amide bonds. The predicted molar refractivity (Wildman–Crippen MR) is 71.1 cm³/mol. The monoisotopic (exact) mass is 322 g/mol. The van der Waals surface area contributed by atoms with Crippen LogP contribution < -0.4 is 51.4 Å². The Balaban J connectivity index is -0.00000128. The van der Waals surface area contributed by atoms with Crippen LogP contribution in [-0.4, -0.2) is 25.1 Å². The Morgan fingerprint density at radius 1 is 0.842 bits per heavy atom. The Labute approximate surface area is 160 Å². The van der Waals surface area contributed by atoms with Crippen molar-refractivity contribution in [1.82, 2.24) is 0 Å². The van der Waals surface area contributed by atoms with Crippen LogP contribution in [0.2, 0.25) is 0 Å². The van der Waals surface area contributed by atoms with Gasteiger partial charge in [-0.3, -0.25) is 4.18 Å². The van der Waals surface area contributed by atoms with Gasteiger partial charge in [0.25, 0.3) is 0 Å². The van der Waals surface area contributed by atoms with E-state index in [9.17, 15) is 13.0 Å². The van der Waals surface area contributed by atoms with Crippen LogP contribution in [0, 0.1) is 0 Å². The molecule has 0 saturated carbocycles. The minimum absolute atomic E-state index is 0. The third-order valence-electron chi connectivity index (χ3n) is 2.73. The van der Waals surface area contributed by atoms with Crippen molar-refractivity contribution < 1.29 is 74.0 Å². The molecular formula is C12H27KO5S. The number of hydrogen-bond donors (Lipinski definition) is 0. The molecular weight excluding hydrogens is 295 g/mol. The topological polar surface area (TPSA) is 97.9 Å². The van der Waals surface area contributed by atoms with Gasteiger partial charge in [0.1, 0.15) is 0 Å². The maximum Gasteiger partial charge on any atom is 1.00 e. The van der Waals surface area contributed by atoms with Gasteiger partial charge in [-0.05, 0) is 6.42 Å². The molecule has 2 N–H and O–H groups in total. The molecule has 0 atom stereocenters. The summed E-state index contributed by atoms with van der Waals surface area (Å²) in [5.74, 6) is 0. The van der Waals surface area contributed by atoms with Gasteiger partial charge in [0.05, 0.1) is 6.61 Å². The number of hydrogen-bond acceptors (Lipinski definition) is 4. The van der Waals surface area contributed by atoms with Crippen molar-refractivity contribution >= 4 is 10.4 Å². The summed E-state index contributed by atoms with van der Waals surface area (Å²) >= 11 is 0. The summed E-state index contributed by atoms with van der Waals surface area (Å²) in [6.07, 6.45) is 11.7. The first-order valence-electron chi connectivity index (χ1n) is 6.66. The fourth-order valence-electron chi connectivity index (χ4n) is 1.75. The molecule has 0 radical (unpaired) electrons. The van der Waals surface area contributed by atoms with E-state index in [0.29, 0.717) is 6.42 Å². The van der Waals surface area contributed by atoms with Crippen molar-refractivity contribution in [2.75, 3.05) is 6.61 Å². The van der Waals surface area contributed by atoms with E-state index in [1.165, 1.54) is 44.9 Å². The van der Waals surface area contributed by atoms with Gasteiger partial charge in [-0.2, -0.15) is 0 Å². The minimum Gasteiger partial charge on any atom is -0.726 e. The second-order valence-electron chi connectivity index (χ2n) is 4.41. The molecule has 5 nitrogen and oxygen atoms in total. The Morgan fingerprint density at radius 2 is 1.21 bits per heavy atom. The van der Waals surface area contributed by atoms with Crippen molar-refractivity contribution in [2.45, 2.75) is 71.1 Å². The molecule has 0 aliphatic heterocycles. The van der Waals surface area contributed by atoms with E-state index >= 15 is 0 Å². The van der Waals surface area contributed by atoms with E-state index in [1.807, 2.05) is 0 Å². The second-order valence-corrected chi connectivity index (χ2v) is 5.46. The van der Waals surface area contributed by atoms with Crippen molar-refractivity contribution in [1.29, 1.82) is 0 Å². The van der Waals surface area contributed by atoms with Gasteiger partial charge in [-0.25, -0.2) is 8.42 Å². The zero-order valence-corrected chi connectivity index (χ0v) is 16.3. The van der Waals surface area contributed by atoms with E-state index in [4.69, 9.17) is 0 Å². The number of rotatable bonds is 12. The van der Waals surface area contributed by atoms with Gasteiger partial charge in [0.15, 0.2) is 0 Å². The van der Waals surface area contributed by atoms with E-state index in [-0.39, 0.29) is 63.5 Å². The zero-order chi connectivity index (χ0) is 13.0. The fourth-order valence-corrected chi connectivity index (χ4v) is 2.07. The third kappa shape index (κ3) is 24.8. The largest absolute Gasteiger partial charge is 1.00 e. The van der Waals surface area contributed by atoms with Crippen molar-refractivity contribution in [3.8, 4) is 0 Å². The Kier molecular flexibility index (Phi) is 23.4. The Hall–Kier alpha value is 1.47. The molecule has 0 spiro atoms. The van der Waals surface area contributed by atoms with Crippen LogP contribution in [0.1, 0.15) is 71.1 Å². The van der Waals surface area contributed by atoms with E-state index < -0.39 is 10.4 Å². The average molecular weight is 323 g/mol. The van der Waals surface area contributed by atoms with Gasteiger partial charge >= 0.3 is 51.4 Å². The molecule has 7 heteroatoms. The van der Waals surface area contributed by atoms with Crippen molar-refractivity contribution in [3.63, 3.8) is 0 Å². The maximum absolute atomic E-state index is 10.1. The third-order valence-corrected chi connectivity index (χ3v) is 3.18. The number of unbranched alkanes of at least 4 members (excludes halogenated alkanes) is 9. The summed E-state index contributed by atoms with van der Waals surface area (Å²) in [6, 6.07) is 0. The normalized spacial score (nSPS) is 10.6. The predicted octanol–water partition coefficient (Wildman–Crippen LogP) is -0.437. The van der Waals surface area contributed by atoms with Crippen LogP contribution in [0.4, 0.5) is 0 Å². The van der Waals surface area contributed by atoms with Crippen molar-refractivity contribution in [2.24, 2.45) is 0 Å². The molecule has 0 bridgehead atoms. The van der Waals surface area contributed by atoms with Gasteiger partial charge in [-0.15, -0.1) is 0 Å². The SMILES string of the molecule is CCCCCCCCCCCCOS(=O)(=O)[O-].O.[K+]. The molecule has 0 aliphatic rings. The summed E-state index contributed by atoms with van der Waals surface area (Å²) < 4.78 is 34.5. The van der Waals surface area contributed by atoms with Gasteiger partial charge in [0.2, 0.25) is 10.4 Å². The first-order valence-corrected chi connectivity index (χ1v) is 8.00. The molecule has 112 valence electrons. The molecule has 0 unspecified atom stereocenters. The van der Waals surface area contributed by atoms with Crippen LogP contribution >= 0.6 is 0 Å². The van der Waals surface area contributed by atoms with Gasteiger partial charge < -0.3 is 10.0 Å². The molecule has 0 aliphatic carbocycles. The van der Waals surface area contributed by atoms with Crippen LogP contribution in [-0.2, 0) is 14.6 Å². The summed E-state index contributed by atoms with van der Waals surface area (Å²) in [5, 5.41) is 0. The Bertz CT molecular complexity index is 257. The van der Waals surface area contributed by atoms with E-state index in [0.717, 1.165) is 12.8 Å². The molecule has 0 rings (SSSR count). The van der Waals surface area contributed by atoms with Crippen LogP contribution in [0.25, 0.3) is 0 Å². The molecule has 0 aromatic carbocycles. The molecule has 0 saturated heterocycles. The zero-order valence-electron chi connectivity index (χ0n) is 12.3.